The molecular weight excluding hydrogens is 290 g/mol. The first-order chi connectivity index (χ1) is 9.88. The third kappa shape index (κ3) is 6.35. The number of hydrogen-bond donors (Lipinski definition) is 1. The standard InChI is InChI=1S/C15H25NO4S/c1-4-8-21(17,18)9-7-20-15-11-14(19-3)6-5-13(15)10-12(2)16/h5-6,11-12H,4,7-10,16H2,1-3H3. The first kappa shape index (κ1) is 17.8. The van der Waals surface area contributed by atoms with E-state index in [-0.39, 0.29) is 24.2 Å². The van der Waals surface area contributed by atoms with Gasteiger partial charge in [-0.15, -0.1) is 0 Å². The van der Waals surface area contributed by atoms with Gasteiger partial charge in [-0.25, -0.2) is 8.42 Å². The molecule has 6 heteroatoms. The van der Waals surface area contributed by atoms with Crippen LogP contribution in [0.5, 0.6) is 11.5 Å². The molecule has 0 saturated carbocycles. The number of sulfone groups is 1. The third-order valence-corrected chi connectivity index (χ3v) is 4.80. The minimum atomic E-state index is -3.03. The fourth-order valence-corrected chi connectivity index (χ4v) is 3.17. The van der Waals surface area contributed by atoms with Crippen LogP contribution in [0.1, 0.15) is 25.8 Å². The predicted octanol–water partition coefficient (Wildman–Crippen LogP) is 1.79. The first-order valence-electron chi connectivity index (χ1n) is 7.13. The highest BCUT2D eigenvalue weighted by molar-refractivity contribution is 7.91. The minimum Gasteiger partial charge on any atom is -0.497 e. The molecule has 0 aliphatic heterocycles. The summed E-state index contributed by atoms with van der Waals surface area (Å²) in [6.45, 7) is 3.91. The Morgan fingerprint density at radius 2 is 2.00 bits per heavy atom. The normalized spacial score (nSPS) is 13.0. The Balaban J connectivity index is 2.75. The van der Waals surface area contributed by atoms with E-state index in [4.69, 9.17) is 15.2 Å². The maximum absolute atomic E-state index is 11.7. The Kier molecular flexibility index (Phi) is 6.98. The maximum Gasteiger partial charge on any atom is 0.153 e. The van der Waals surface area contributed by atoms with E-state index in [9.17, 15) is 8.42 Å². The topological polar surface area (TPSA) is 78.6 Å². The summed E-state index contributed by atoms with van der Waals surface area (Å²) in [6, 6.07) is 5.52. The van der Waals surface area contributed by atoms with Crippen LogP contribution in [0.25, 0.3) is 0 Å². The molecule has 0 aliphatic carbocycles. The lowest BCUT2D eigenvalue weighted by molar-refractivity contribution is 0.332. The quantitative estimate of drug-likeness (QED) is 0.751. The van der Waals surface area contributed by atoms with Crippen molar-refractivity contribution in [3.63, 3.8) is 0 Å². The van der Waals surface area contributed by atoms with Crippen LogP contribution in [-0.4, -0.2) is 39.7 Å². The number of rotatable bonds is 9. The fourth-order valence-electron chi connectivity index (χ4n) is 2.00. The van der Waals surface area contributed by atoms with E-state index < -0.39 is 9.84 Å². The number of methoxy groups -OCH3 is 1. The molecule has 120 valence electrons. The van der Waals surface area contributed by atoms with Crippen LogP contribution in [0.2, 0.25) is 0 Å². The summed E-state index contributed by atoms with van der Waals surface area (Å²) in [4.78, 5) is 0. The molecule has 0 aromatic heterocycles. The van der Waals surface area contributed by atoms with Gasteiger partial charge in [-0.1, -0.05) is 13.0 Å². The van der Waals surface area contributed by atoms with Crippen molar-refractivity contribution >= 4 is 9.84 Å². The van der Waals surface area contributed by atoms with E-state index in [1.54, 1.807) is 13.2 Å². The van der Waals surface area contributed by atoms with Crippen LogP contribution in [0.4, 0.5) is 0 Å². The lowest BCUT2D eigenvalue weighted by Gasteiger charge is -2.14. The van der Waals surface area contributed by atoms with Gasteiger partial charge >= 0.3 is 0 Å². The van der Waals surface area contributed by atoms with Crippen molar-refractivity contribution in [3.05, 3.63) is 23.8 Å². The van der Waals surface area contributed by atoms with E-state index >= 15 is 0 Å². The van der Waals surface area contributed by atoms with Crippen molar-refractivity contribution < 1.29 is 17.9 Å². The summed E-state index contributed by atoms with van der Waals surface area (Å²) in [5.74, 6) is 1.53. The SMILES string of the molecule is CCCS(=O)(=O)CCOc1cc(OC)ccc1CC(C)N. The van der Waals surface area contributed by atoms with E-state index in [1.807, 2.05) is 26.0 Å². The van der Waals surface area contributed by atoms with Crippen LogP contribution in [-0.2, 0) is 16.3 Å². The van der Waals surface area contributed by atoms with Gasteiger partial charge in [0.25, 0.3) is 0 Å². The molecule has 0 aliphatic rings. The maximum atomic E-state index is 11.7. The van der Waals surface area contributed by atoms with Crippen molar-refractivity contribution in [2.75, 3.05) is 25.2 Å². The Bertz CT molecular complexity index is 541. The van der Waals surface area contributed by atoms with E-state index in [0.29, 0.717) is 24.3 Å². The summed E-state index contributed by atoms with van der Waals surface area (Å²) in [5.41, 5.74) is 6.78. The molecule has 0 heterocycles. The Morgan fingerprint density at radius 3 is 2.57 bits per heavy atom. The first-order valence-corrected chi connectivity index (χ1v) is 8.95. The highest BCUT2D eigenvalue weighted by Gasteiger charge is 2.12. The second kappa shape index (κ2) is 8.24. The lowest BCUT2D eigenvalue weighted by Crippen LogP contribution is -2.20. The molecule has 1 rings (SSSR count). The second-order valence-electron chi connectivity index (χ2n) is 5.16. The molecule has 1 aromatic rings. The Labute approximate surface area is 127 Å². The molecule has 5 nitrogen and oxygen atoms in total. The minimum absolute atomic E-state index is 0.00423. The molecule has 2 N–H and O–H groups in total. The zero-order valence-corrected chi connectivity index (χ0v) is 13.8. The molecule has 0 amide bonds. The van der Waals surface area contributed by atoms with Gasteiger partial charge in [-0.05, 0) is 31.4 Å². The van der Waals surface area contributed by atoms with E-state index in [1.165, 1.54) is 0 Å². The average Bonchev–Trinajstić information content (AvgIpc) is 2.39. The number of hydrogen-bond acceptors (Lipinski definition) is 5. The van der Waals surface area contributed by atoms with Gasteiger partial charge < -0.3 is 15.2 Å². The summed E-state index contributed by atoms with van der Waals surface area (Å²) < 4.78 is 34.2. The molecule has 0 saturated heterocycles. The van der Waals surface area contributed by atoms with E-state index in [2.05, 4.69) is 0 Å². The second-order valence-corrected chi connectivity index (χ2v) is 7.46. The molecule has 21 heavy (non-hydrogen) atoms. The van der Waals surface area contributed by atoms with Crippen LogP contribution < -0.4 is 15.2 Å². The van der Waals surface area contributed by atoms with Crippen LogP contribution in [0.15, 0.2) is 18.2 Å². The molecule has 1 atom stereocenters. The zero-order valence-electron chi connectivity index (χ0n) is 13.0. The molecule has 0 bridgehead atoms. The summed E-state index contributed by atoms with van der Waals surface area (Å²) >= 11 is 0. The number of benzene rings is 1. The largest absolute Gasteiger partial charge is 0.497 e. The monoisotopic (exact) mass is 315 g/mol. The molecule has 0 radical (unpaired) electrons. The third-order valence-electron chi connectivity index (χ3n) is 2.98. The van der Waals surface area contributed by atoms with Gasteiger partial charge in [0.05, 0.1) is 18.6 Å². The smallest absolute Gasteiger partial charge is 0.153 e. The summed E-state index contributed by atoms with van der Waals surface area (Å²) in [6.07, 6.45) is 1.29. The molecule has 0 spiro atoms. The zero-order chi connectivity index (χ0) is 15.9. The lowest BCUT2D eigenvalue weighted by atomic mass is 10.1. The van der Waals surface area contributed by atoms with Crippen molar-refractivity contribution in [1.82, 2.24) is 0 Å². The summed E-state index contributed by atoms with van der Waals surface area (Å²) in [7, 11) is -1.45. The molecular formula is C15H25NO4S. The predicted molar refractivity (Wildman–Crippen MR) is 84.8 cm³/mol. The van der Waals surface area contributed by atoms with Crippen molar-refractivity contribution in [2.45, 2.75) is 32.7 Å². The highest BCUT2D eigenvalue weighted by Crippen LogP contribution is 2.25. The Hall–Kier alpha value is -1.27. The van der Waals surface area contributed by atoms with Gasteiger partial charge in [0, 0.05) is 12.1 Å². The van der Waals surface area contributed by atoms with Crippen molar-refractivity contribution in [1.29, 1.82) is 0 Å². The van der Waals surface area contributed by atoms with Crippen LogP contribution in [0.3, 0.4) is 0 Å². The fraction of sp³-hybridized carbons (Fsp3) is 0.600. The van der Waals surface area contributed by atoms with Gasteiger partial charge in [0.1, 0.15) is 18.1 Å². The van der Waals surface area contributed by atoms with Gasteiger partial charge in [-0.2, -0.15) is 0 Å². The van der Waals surface area contributed by atoms with Crippen LogP contribution >= 0.6 is 0 Å². The number of ether oxygens (including phenoxy) is 2. The van der Waals surface area contributed by atoms with Crippen molar-refractivity contribution in [2.24, 2.45) is 5.73 Å². The Morgan fingerprint density at radius 1 is 1.29 bits per heavy atom. The molecule has 0 fully saturated rings. The van der Waals surface area contributed by atoms with Gasteiger partial charge in [-0.3, -0.25) is 0 Å². The van der Waals surface area contributed by atoms with Gasteiger partial charge in [0.2, 0.25) is 0 Å². The molecule has 1 aromatic carbocycles. The molecule has 1 unspecified atom stereocenters. The average molecular weight is 315 g/mol. The van der Waals surface area contributed by atoms with Crippen LogP contribution in [0, 0.1) is 0 Å². The highest BCUT2D eigenvalue weighted by atomic mass is 32.2. The summed E-state index contributed by atoms with van der Waals surface area (Å²) in [5, 5.41) is 0. The number of nitrogens with two attached hydrogens (primary N) is 1. The van der Waals surface area contributed by atoms with Crippen molar-refractivity contribution in [3.8, 4) is 11.5 Å². The van der Waals surface area contributed by atoms with Gasteiger partial charge in [0.15, 0.2) is 9.84 Å². The van der Waals surface area contributed by atoms with E-state index in [0.717, 1.165) is 5.56 Å².